The van der Waals surface area contributed by atoms with Crippen LogP contribution in [0.15, 0.2) is 18.3 Å². The van der Waals surface area contributed by atoms with Crippen molar-refractivity contribution in [2.75, 3.05) is 29.5 Å². The summed E-state index contributed by atoms with van der Waals surface area (Å²) in [5.41, 5.74) is 7.15. The number of nitrogen functional groups attached to an aromatic ring is 1. The van der Waals surface area contributed by atoms with Crippen molar-refractivity contribution in [3.8, 4) is 0 Å². The number of hydrogen-bond acceptors (Lipinski definition) is 4. The normalized spacial score (nSPS) is 16.9. The standard InChI is InChI=1S/C11H16N4S/c12-11(13)10-9(3-1-4-14-10)15-5-2-7-16-8-6-15/h1,3-4H,2,5-8H2,(H3,12,13). The van der Waals surface area contributed by atoms with Crippen molar-refractivity contribution in [3.63, 3.8) is 0 Å². The van der Waals surface area contributed by atoms with E-state index in [1.165, 1.54) is 12.2 Å². The Morgan fingerprint density at radius 1 is 1.44 bits per heavy atom. The van der Waals surface area contributed by atoms with Crippen LogP contribution in [0.25, 0.3) is 0 Å². The van der Waals surface area contributed by atoms with Gasteiger partial charge in [0.25, 0.3) is 0 Å². The smallest absolute Gasteiger partial charge is 0.143 e. The second kappa shape index (κ2) is 5.21. The molecule has 1 aromatic heterocycles. The van der Waals surface area contributed by atoms with Gasteiger partial charge >= 0.3 is 0 Å². The first kappa shape index (κ1) is 11.3. The van der Waals surface area contributed by atoms with Crippen molar-refractivity contribution in [2.24, 2.45) is 5.73 Å². The van der Waals surface area contributed by atoms with Gasteiger partial charge < -0.3 is 10.6 Å². The highest BCUT2D eigenvalue weighted by Crippen LogP contribution is 2.21. The number of pyridine rings is 1. The van der Waals surface area contributed by atoms with Crippen molar-refractivity contribution < 1.29 is 0 Å². The maximum atomic E-state index is 7.53. The van der Waals surface area contributed by atoms with Gasteiger partial charge in [-0.3, -0.25) is 10.4 Å². The lowest BCUT2D eigenvalue weighted by Crippen LogP contribution is -2.29. The highest BCUT2D eigenvalue weighted by Gasteiger charge is 2.15. The summed E-state index contributed by atoms with van der Waals surface area (Å²) in [7, 11) is 0. The molecule has 0 aromatic carbocycles. The van der Waals surface area contributed by atoms with Crippen molar-refractivity contribution >= 4 is 23.3 Å². The lowest BCUT2D eigenvalue weighted by atomic mass is 10.2. The van der Waals surface area contributed by atoms with E-state index < -0.39 is 0 Å². The Bertz CT molecular complexity index is 372. The summed E-state index contributed by atoms with van der Waals surface area (Å²) in [6, 6.07) is 3.90. The van der Waals surface area contributed by atoms with Gasteiger partial charge in [-0.15, -0.1) is 0 Å². The van der Waals surface area contributed by atoms with Gasteiger partial charge in [0, 0.05) is 25.0 Å². The van der Waals surface area contributed by atoms with E-state index in [0.29, 0.717) is 5.69 Å². The summed E-state index contributed by atoms with van der Waals surface area (Å²) in [5, 5.41) is 7.53. The largest absolute Gasteiger partial charge is 0.382 e. The number of hydrogen-bond donors (Lipinski definition) is 2. The molecule has 1 fully saturated rings. The first-order chi connectivity index (χ1) is 7.79. The van der Waals surface area contributed by atoms with Crippen LogP contribution in [0.5, 0.6) is 0 Å². The van der Waals surface area contributed by atoms with Crippen LogP contribution in [0.1, 0.15) is 12.1 Å². The zero-order chi connectivity index (χ0) is 11.4. The van der Waals surface area contributed by atoms with Crippen molar-refractivity contribution in [2.45, 2.75) is 6.42 Å². The number of aromatic nitrogens is 1. The zero-order valence-corrected chi connectivity index (χ0v) is 9.96. The summed E-state index contributed by atoms with van der Waals surface area (Å²) < 4.78 is 0. The molecule has 0 atom stereocenters. The van der Waals surface area contributed by atoms with Crippen LogP contribution >= 0.6 is 11.8 Å². The molecule has 0 unspecified atom stereocenters. The number of anilines is 1. The molecule has 16 heavy (non-hydrogen) atoms. The van der Waals surface area contributed by atoms with Gasteiger partial charge in [0.05, 0.1) is 5.69 Å². The molecule has 0 spiro atoms. The average molecular weight is 236 g/mol. The predicted octanol–water partition coefficient (Wildman–Crippen LogP) is 1.31. The molecular weight excluding hydrogens is 220 g/mol. The maximum Gasteiger partial charge on any atom is 0.143 e. The van der Waals surface area contributed by atoms with Gasteiger partial charge in [-0.2, -0.15) is 11.8 Å². The number of thioether (sulfide) groups is 1. The molecule has 1 aliphatic heterocycles. The first-order valence-electron chi connectivity index (χ1n) is 5.41. The zero-order valence-electron chi connectivity index (χ0n) is 9.15. The molecule has 0 saturated carbocycles. The Morgan fingerprint density at radius 3 is 3.12 bits per heavy atom. The first-order valence-corrected chi connectivity index (χ1v) is 6.56. The molecule has 0 radical (unpaired) electrons. The fraction of sp³-hybridized carbons (Fsp3) is 0.455. The molecule has 2 heterocycles. The van der Waals surface area contributed by atoms with E-state index in [1.54, 1.807) is 6.20 Å². The van der Waals surface area contributed by atoms with Crippen molar-refractivity contribution in [1.82, 2.24) is 4.98 Å². The Morgan fingerprint density at radius 2 is 2.31 bits per heavy atom. The SMILES string of the molecule is N=C(N)c1ncccc1N1CCCSCC1. The fourth-order valence-corrected chi connectivity index (χ4v) is 2.73. The fourth-order valence-electron chi connectivity index (χ4n) is 1.85. The quantitative estimate of drug-likeness (QED) is 0.600. The number of nitrogens with zero attached hydrogens (tertiary/aromatic N) is 2. The molecule has 4 nitrogen and oxygen atoms in total. The molecule has 86 valence electrons. The lowest BCUT2D eigenvalue weighted by molar-refractivity contribution is 0.812. The molecule has 1 aromatic rings. The average Bonchev–Trinajstić information content (AvgIpc) is 2.57. The third-order valence-electron chi connectivity index (χ3n) is 2.60. The molecule has 1 saturated heterocycles. The third kappa shape index (κ3) is 2.47. The molecule has 5 heteroatoms. The second-order valence-corrected chi connectivity index (χ2v) is 4.96. The lowest BCUT2D eigenvalue weighted by Gasteiger charge is -2.23. The van der Waals surface area contributed by atoms with Gasteiger partial charge in [0.1, 0.15) is 11.5 Å². The minimum absolute atomic E-state index is 0.0486. The molecule has 3 N–H and O–H groups in total. The summed E-state index contributed by atoms with van der Waals surface area (Å²) in [4.78, 5) is 6.47. The van der Waals surface area contributed by atoms with Crippen LogP contribution in [0.3, 0.4) is 0 Å². The minimum atomic E-state index is 0.0486. The molecular formula is C11H16N4S. The Kier molecular flexibility index (Phi) is 3.66. The second-order valence-electron chi connectivity index (χ2n) is 3.74. The van der Waals surface area contributed by atoms with Crippen LogP contribution in [0.2, 0.25) is 0 Å². The Balaban J connectivity index is 2.27. The van der Waals surface area contributed by atoms with Crippen molar-refractivity contribution in [1.29, 1.82) is 5.41 Å². The molecule has 1 aliphatic rings. The van der Waals surface area contributed by atoms with Gasteiger partial charge in [0.15, 0.2) is 0 Å². The molecule has 0 bridgehead atoms. The van der Waals surface area contributed by atoms with E-state index in [-0.39, 0.29) is 5.84 Å². The highest BCUT2D eigenvalue weighted by atomic mass is 32.2. The van der Waals surface area contributed by atoms with E-state index in [9.17, 15) is 0 Å². The monoisotopic (exact) mass is 236 g/mol. The highest BCUT2D eigenvalue weighted by molar-refractivity contribution is 7.99. The molecule has 0 amide bonds. The number of rotatable bonds is 2. The van der Waals surface area contributed by atoms with E-state index >= 15 is 0 Å². The summed E-state index contributed by atoms with van der Waals surface area (Å²) >= 11 is 1.98. The molecule has 2 rings (SSSR count). The number of amidine groups is 1. The summed E-state index contributed by atoms with van der Waals surface area (Å²) in [6.45, 7) is 2.04. The van der Waals surface area contributed by atoms with Crippen LogP contribution in [-0.4, -0.2) is 35.4 Å². The summed E-state index contributed by atoms with van der Waals surface area (Å²) in [6.07, 6.45) is 2.86. The Labute approximate surface area is 99.7 Å². The van der Waals surface area contributed by atoms with Gasteiger partial charge in [-0.25, -0.2) is 0 Å². The van der Waals surface area contributed by atoms with E-state index in [2.05, 4.69) is 9.88 Å². The predicted molar refractivity (Wildman–Crippen MR) is 69.4 cm³/mol. The maximum absolute atomic E-state index is 7.53. The van der Waals surface area contributed by atoms with E-state index in [1.807, 2.05) is 23.9 Å². The van der Waals surface area contributed by atoms with Crippen LogP contribution < -0.4 is 10.6 Å². The number of nitrogens with two attached hydrogens (primary N) is 1. The van der Waals surface area contributed by atoms with Crippen molar-refractivity contribution in [3.05, 3.63) is 24.0 Å². The summed E-state index contributed by atoms with van der Waals surface area (Å²) in [5.74, 6) is 2.39. The topological polar surface area (TPSA) is 66.0 Å². The van der Waals surface area contributed by atoms with Crippen LogP contribution in [0.4, 0.5) is 5.69 Å². The Hall–Kier alpha value is -1.23. The van der Waals surface area contributed by atoms with Gasteiger partial charge in [-0.05, 0) is 24.3 Å². The van der Waals surface area contributed by atoms with E-state index in [0.717, 1.165) is 24.5 Å². The van der Waals surface area contributed by atoms with Gasteiger partial charge in [0.2, 0.25) is 0 Å². The van der Waals surface area contributed by atoms with Crippen LogP contribution in [-0.2, 0) is 0 Å². The van der Waals surface area contributed by atoms with Gasteiger partial charge in [-0.1, -0.05) is 0 Å². The van der Waals surface area contributed by atoms with Crippen LogP contribution in [0, 0.1) is 5.41 Å². The minimum Gasteiger partial charge on any atom is -0.382 e. The molecule has 0 aliphatic carbocycles. The number of nitrogens with one attached hydrogen (secondary N) is 1. The van der Waals surface area contributed by atoms with E-state index in [4.69, 9.17) is 11.1 Å². The third-order valence-corrected chi connectivity index (χ3v) is 3.65.